The highest BCUT2D eigenvalue weighted by Crippen LogP contribution is 2.12. The summed E-state index contributed by atoms with van der Waals surface area (Å²) < 4.78 is 9.74. The highest BCUT2D eigenvalue weighted by Gasteiger charge is 2.18. The molecule has 1 aromatic heterocycles. The maximum atomic E-state index is 11.2. The molecule has 0 saturated carbocycles. The topological polar surface area (TPSA) is 39.4 Å². The van der Waals surface area contributed by atoms with Crippen LogP contribution < -0.4 is 0 Å². The van der Waals surface area contributed by atoms with Gasteiger partial charge in [0.25, 0.3) is 0 Å². The van der Waals surface area contributed by atoms with E-state index in [1.165, 1.54) is 7.11 Å². The lowest BCUT2D eigenvalue weighted by atomic mass is 10.1. The monoisotopic (exact) mass is 200 g/mol. The van der Waals surface area contributed by atoms with Gasteiger partial charge < -0.3 is 9.15 Å². The Hall–Kier alpha value is -0.900. The maximum Gasteiger partial charge on any atom is 0.309 e. The van der Waals surface area contributed by atoms with Crippen molar-refractivity contribution in [3.63, 3.8) is 0 Å². The quantitative estimate of drug-likeness (QED) is 0.592. The number of hydrogen-bond acceptors (Lipinski definition) is 4. The fourth-order valence-electron chi connectivity index (χ4n) is 1.06. The Morgan fingerprint density at radius 2 is 2.54 bits per heavy atom. The largest absolute Gasteiger partial charge is 0.469 e. The molecule has 1 aromatic rings. The van der Waals surface area contributed by atoms with Crippen molar-refractivity contribution in [1.29, 1.82) is 0 Å². The van der Waals surface area contributed by atoms with Gasteiger partial charge in [0.15, 0.2) is 0 Å². The molecule has 0 aromatic carbocycles. The van der Waals surface area contributed by atoms with Gasteiger partial charge in [-0.3, -0.25) is 4.79 Å². The number of ether oxygens (including phenoxy) is 1. The standard InChI is InChI=1S/C9H12O3S/c1-11-9(10)7(6-13)5-8-3-2-4-12-8/h2-4,7,13H,5-6H2,1H3. The van der Waals surface area contributed by atoms with Crippen LogP contribution in [0.3, 0.4) is 0 Å². The first-order chi connectivity index (χ1) is 6.27. The van der Waals surface area contributed by atoms with Crippen LogP contribution in [0.2, 0.25) is 0 Å². The van der Waals surface area contributed by atoms with E-state index < -0.39 is 0 Å². The molecular formula is C9H12O3S. The van der Waals surface area contributed by atoms with Crippen LogP contribution in [0, 0.1) is 5.92 Å². The van der Waals surface area contributed by atoms with Gasteiger partial charge >= 0.3 is 5.97 Å². The molecule has 4 heteroatoms. The van der Waals surface area contributed by atoms with Crippen molar-refractivity contribution in [2.75, 3.05) is 12.9 Å². The van der Waals surface area contributed by atoms with Crippen LogP contribution in [0.1, 0.15) is 5.76 Å². The zero-order chi connectivity index (χ0) is 9.68. The number of methoxy groups -OCH3 is 1. The summed E-state index contributed by atoms with van der Waals surface area (Å²) in [4.78, 5) is 11.2. The lowest BCUT2D eigenvalue weighted by molar-refractivity contribution is -0.144. The SMILES string of the molecule is COC(=O)C(CS)Cc1ccco1. The van der Waals surface area contributed by atoms with E-state index >= 15 is 0 Å². The van der Waals surface area contributed by atoms with Gasteiger partial charge in [-0.15, -0.1) is 0 Å². The molecule has 0 aliphatic heterocycles. The van der Waals surface area contributed by atoms with E-state index in [4.69, 9.17) is 4.42 Å². The normalized spacial score (nSPS) is 12.5. The zero-order valence-corrected chi connectivity index (χ0v) is 8.29. The molecule has 1 heterocycles. The average Bonchev–Trinajstić information content (AvgIpc) is 2.65. The van der Waals surface area contributed by atoms with Gasteiger partial charge in [-0.25, -0.2) is 0 Å². The first kappa shape index (κ1) is 10.2. The van der Waals surface area contributed by atoms with Crippen LogP contribution in [0.4, 0.5) is 0 Å². The molecule has 72 valence electrons. The molecule has 1 atom stereocenters. The molecule has 1 unspecified atom stereocenters. The first-order valence-electron chi connectivity index (χ1n) is 3.99. The van der Waals surface area contributed by atoms with Gasteiger partial charge in [0.1, 0.15) is 5.76 Å². The summed E-state index contributed by atoms with van der Waals surface area (Å²) in [5, 5.41) is 0. The van der Waals surface area contributed by atoms with E-state index in [2.05, 4.69) is 17.4 Å². The Balaban J connectivity index is 2.54. The zero-order valence-electron chi connectivity index (χ0n) is 7.40. The second kappa shape index (κ2) is 4.97. The number of esters is 1. The molecular weight excluding hydrogens is 188 g/mol. The van der Waals surface area contributed by atoms with Crippen LogP contribution in [-0.4, -0.2) is 18.8 Å². The van der Waals surface area contributed by atoms with E-state index in [1.807, 2.05) is 6.07 Å². The van der Waals surface area contributed by atoms with Gasteiger partial charge in [-0.05, 0) is 12.1 Å². The predicted octanol–water partition coefficient (Wildman–Crippen LogP) is 1.54. The van der Waals surface area contributed by atoms with Crippen molar-refractivity contribution in [2.24, 2.45) is 5.92 Å². The second-order valence-corrected chi connectivity index (χ2v) is 3.05. The molecule has 0 fully saturated rings. The number of carbonyl (C=O) groups excluding carboxylic acids is 1. The van der Waals surface area contributed by atoms with Crippen LogP contribution in [0.15, 0.2) is 22.8 Å². The Morgan fingerprint density at radius 3 is 3.00 bits per heavy atom. The average molecular weight is 200 g/mol. The Morgan fingerprint density at radius 1 is 1.77 bits per heavy atom. The minimum absolute atomic E-state index is 0.223. The fraction of sp³-hybridized carbons (Fsp3) is 0.444. The molecule has 0 bridgehead atoms. The van der Waals surface area contributed by atoms with Gasteiger partial charge in [0.05, 0.1) is 19.3 Å². The molecule has 0 aliphatic rings. The third-order valence-corrected chi connectivity index (χ3v) is 2.22. The van der Waals surface area contributed by atoms with Crippen molar-refractivity contribution < 1.29 is 13.9 Å². The Kier molecular flexibility index (Phi) is 3.89. The summed E-state index contributed by atoms with van der Waals surface area (Å²) in [7, 11) is 1.38. The summed E-state index contributed by atoms with van der Waals surface area (Å²) >= 11 is 4.08. The minimum Gasteiger partial charge on any atom is -0.469 e. The van der Waals surface area contributed by atoms with Crippen molar-refractivity contribution in [1.82, 2.24) is 0 Å². The fourth-order valence-corrected chi connectivity index (χ4v) is 1.34. The van der Waals surface area contributed by atoms with Gasteiger partial charge in [0, 0.05) is 12.2 Å². The highest BCUT2D eigenvalue weighted by atomic mass is 32.1. The Labute approximate surface area is 82.5 Å². The molecule has 0 N–H and O–H groups in total. The molecule has 13 heavy (non-hydrogen) atoms. The lowest BCUT2D eigenvalue weighted by Gasteiger charge is -2.09. The number of hydrogen-bond donors (Lipinski definition) is 1. The summed E-state index contributed by atoms with van der Waals surface area (Å²) in [5.74, 6) is 0.781. The van der Waals surface area contributed by atoms with E-state index in [1.54, 1.807) is 12.3 Å². The van der Waals surface area contributed by atoms with Crippen LogP contribution in [0.25, 0.3) is 0 Å². The van der Waals surface area contributed by atoms with E-state index in [-0.39, 0.29) is 11.9 Å². The van der Waals surface area contributed by atoms with Gasteiger partial charge in [0.2, 0.25) is 0 Å². The number of thiol groups is 1. The lowest BCUT2D eigenvalue weighted by Crippen LogP contribution is -2.19. The van der Waals surface area contributed by atoms with Crippen molar-refractivity contribution in [2.45, 2.75) is 6.42 Å². The van der Waals surface area contributed by atoms with Crippen LogP contribution in [-0.2, 0) is 16.0 Å². The third kappa shape index (κ3) is 2.81. The van der Waals surface area contributed by atoms with E-state index in [9.17, 15) is 4.79 Å². The van der Waals surface area contributed by atoms with Crippen molar-refractivity contribution in [3.05, 3.63) is 24.2 Å². The first-order valence-corrected chi connectivity index (χ1v) is 4.62. The summed E-state index contributed by atoms with van der Waals surface area (Å²) in [6.45, 7) is 0. The smallest absolute Gasteiger partial charge is 0.309 e. The maximum absolute atomic E-state index is 11.2. The molecule has 0 saturated heterocycles. The van der Waals surface area contributed by atoms with Crippen molar-refractivity contribution >= 4 is 18.6 Å². The van der Waals surface area contributed by atoms with Crippen LogP contribution >= 0.6 is 12.6 Å². The third-order valence-electron chi connectivity index (χ3n) is 1.78. The molecule has 3 nitrogen and oxygen atoms in total. The number of rotatable bonds is 4. The molecule has 0 radical (unpaired) electrons. The molecule has 0 amide bonds. The predicted molar refractivity (Wildman–Crippen MR) is 51.8 cm³/mol. The van der Waals surface area contributed by atoms with E-state index in [0.29, 0.717) is 12.2 Å². The van der Waals surface area contributed by atoms with Crippen LogP contribution in [0.5, 0.6) is 0 Å². The molecule has 1 rings (SSSR count). The van der Waals surface area contributed by atoms with Crippen molar-refractivity contribution in [3.8, 4) is 0 Å². The summed E-state index contributed by atoms with van der Waals surface area (Å²) in [6.07, 6.45) is 2.13. The number of carbonyl (C=O) groups is 1. The Bertz CT molecular complexity index is 256. The minimum atomic E-state index is -0.244. The molecule has 0 aliphatic carbocycles. The summed E-state index contributed by atoms with van der Waals surface area (Å²) in [5.41, 5.74) is 0. The van der Waals surface area contributed by atoms with Gasteiger partial charge in [-0.1, -0.05) is 0 Å². The highest BCUT2D eigenvalue weighted by molar-refractivity contribution is 7.80. The second-order valence-electron chi connectivity index (χ2n) is 2.69. The van der Waals surface area contributed by atoms with Gasteiger partial charge in [-0.2, -0.15) is 12.6 Å². The summed E-state index contributed by atoms with van der Waals surface area (Å²) in [6, 6.07) is 3.63. The molecule has 0 spiro atoms. The number of furan rings is 1. The van der Waals surface area contributed by atoms with E-state index in [0.717, 1.165) is 5.76 Å².